The zero-order valence-corrected chi connectivity index (χ0v) is 11.5. The van der Waals surface area contributed by atoms with E-state index in [0.717, 1.165) is 12.1 Å². The molecule has 1 aliphatic heterocycles. The summed E-state index contributed by atoms with van der Waals surface area (Å²) in [5.74, 6) is 0.724. The first-order valence-electron chi connectivity index (χ1n) is 5.27. The third-order valence-electron chi connectivity index (χ3n) is 2.54. The second-order valence-corrected chi connectivity index (χ2v) is 8.02. The maximum absolute atomic E-state index is 11.6. The number of likely N-dealkylation sites (tertiary alicyclic amines) is 1. The fourth-order valence-electron chi connectivity index (χ4n) is 1.87. The normalized spacial score (nSPS) is 17.7. The van der Waals surface area contributed by atoms with Crippen molar-refractivity contribution in [2.75, 3.05) is 39.6 Å². The van der Waals surface area contributed by atoms with Crippen LogP contribution in [0.3, 0.4) is 0 Å². The van der Waals surface area contributed by atoms with Crippen LogP contribution in [0.1, 0.15) is 12.8 Å². The Kier molecular flexibility index (Phi) is 10.9. The van der Waals surface area contributed by atoms with E-state index in [2.05, 4.69) is 11.9 Å². The van der Waals surface area contributed by atoms with Crippen molar-refractivity contribution in [3.05, 3.63) is 0 Å². The Bertz CT molecular complexity index is 207. The number of nitrogens with zero attached hydrogens (tertiary/aromatic N) is 1. The average Bonchev–Trinajstić information content (AvgIpc) is 2.25. The highest BCUT2D eigenvalue weighted by molar-refractivity contribution is 7.62. The van der Waals surface area contributed by atoms with Crippen molar-refractivity contribution in [3.63, 3.8) is 0 Å². The van der Waals surface area contributed by atoms with Crippen LogP contribution in [0.5, 0.6) is 0 Å². The van der Waals surface area contributed by atoms with Crippen LogP contribution in [0.25, 0.3) is 0 Å². The van der Waals surface area contributed by atoms with E-state index in [1.165, 1.54) is 25.9 Å². The molecular formula is C11H24NO3P. The Morgan fingerprint density at radius 1 is 1.12 bits per heavy atom. The van der Waals surface area contributed by atoms with Gasteiger partial charge in [-0.05, 0) is 52.2 Å². The molecular weight excluding hydrogens is 225 g/mol. The van der Waals surface area contributed by atoms with Crippen LogP contribution in [0.15, 0.2) is 0 Å². The van der Waals surface area contributed by atoms with Crippen LogP contribution >= 0.6 is 7.14 Å². The summed E-state index contributed by atoms with van der Waals surface area (Å²) in [5.41, 5.74) is 0. The lowest BCUT2D eigenvalue weighted by Gasteiger charge is -2.29. The van der Waals surface area contributed by atoms with Gasteiger partial charge in [-0.15, -0.1) is 0 Å². The molecule has 0 aromatic rings. The third-order valence-corrected chi connectivity index (χ3v) is 3.93. The molecule has 0 atom stereocenters. The minimum absolute atomic E-state index is 0.724. The zero-order chi connectivity index (χ0) is 13.2. The van der Waals surface area contributed by atoms with Crippen LogP contribution < -0.4 is 0 Å². The Labute approximate surface area is 98.8 Å². The largest absolute Gasteiger partial charge is 0.324 e. The monoisotopic (exact) mass is 249 g/mol. The first-order chi connectivity index (χ1) is 7.47. The van der Waals surface area contributed by atoms with Crippen molar-refractivity contribution in [1.82, 2.24) is 4.90 Å². The van der Waals surface area contributed by atoms with Gasteiger partial charge in [-0.25, -0.2) is 0 Å². The molecule has 1 heterocycles. The van der Waals surface area contributed by atoms with Gasteiger partial charge in [0.05, 0.1) is 7.14 Å². The first-order valence-corrected chi connectivity index (χ1v) is 8.06. The summed E-state index contributed by atoms with van der Waals surface area (Å²) in [7, 11) is 0.388. The molecule has 1 saturated heterocycles. The fourth-order valence-corrected chi connectivity index (χ4v) is 3.48. The lowest BCUT2D eigenvalue weighted by atomic mass is 10.00. The second-order valence-electron chi connectivity index (χ2n) is 4.50. The predicted molar refractivity (Wildman–Crippen MR) is 68.8 cm³/mol. The van der Waals surface area contributed by atoms with Gasteiger partial charge < -0.3 is 19.1 Å². The van der Waals surface area contributed by atoms with Gasteiger partial charge in [0.2, 0.25) is 0 Å². The number of piperidine rings is 1. The molecule has 96 valence electrons. The molecule has 1 fully saturated rings. The van der Waals surface area contributed by atoms with Crippen LogP contribution in [0.4, 0.5) is 0 Å². The minimum atomic E-state index is -1.77. The van der Waals surface area contributed by atoms with Crippen molar-refractivity contribution in [2.45, 2.75) is 12.8 Å². The highest BCUT2D eigenvalue weighted by Gasteiger charge is 2.21. The van der Waals surface area contributed by atoms with Gasteiger partial charge in [-0.1, -0.05) is 0 Å². The molecule has 0 radical (unpaired) electrons. The Morgan fingerprint density at radius 2 is 1.50 bits per heavy atom. The average molecular weight is 249 g/mol. The highest BCUT2D eigenvalue weighted by Crippen LogP contribution is 2.40. The fraction of sp³-hybridized carbons (Fsp3) is 0.818. The topological polar surface area (TPSA) is 54.5 Å². The van der Waals surface area contributed by atoms with Crippen LogP contribution in [0, 0.1) is 5.92 Å². The van der Waals surface area contributed by atoms with Gasteiger partial charge in [0.15, 0.2) is 0 Å². The Balaban J connectivity index is 0. The lowest BCUT2D eigenvalue weighted by molar-refractivity contribution is -0.0987. The molecule has 0 saturated carbocycles. The SMILES string of the molecule is C=O.C=O.CN1CCC(CP(C)(C)=O)CC1. The van der Waals surface area contributed by atoms with Crippen molar-refractivity contribution in [2.24, 2.45) is 5.92 Å². The second kappa shape index (κ2) is 9.73. The van der Waals surface area contributed by atoms with E-state index in [1.807, 2.05) is 26.9 Å². The van der Waals surface area contributed by atoms with Crippen molar-refractivity contribution in [3.8, 4) is 0 Å². The number of carbonyl (C=O) groups excluding carboxylic acids is 2. The minimum Gasteiger partial charge on any atom is -0.324 e. The van der Waals surface area contributed by atoms with E-state index in [0.29, 0.717) is 0 Å². The molecule has 0 N–H and O–H groups in total. The molecule has 16 heavy (non-hydrogen) atoms. The summed E-state index contributed by atoms with van der Waals surface area (Å²) < 4.78 is 11.6. The van der Waals surface area contributed by atoms with E-state index in [-0.39, 0.29) is 0 Å². The maximum Gasteiger partial charge on any atom is 0.106 e. The standard InChI is InChI=1S/C9H20NOP.2CH2O/c1-10-6-4-9(5-7-10)8-12(2,3)11;2*1-2/h9H,4-8H2,1-3H3;2*1H2. The molecule has 5 heteroatoms. The van der Waals surface area contributed by atoms with Gasteiger partial charge in [-0.3, -0.25) is 0 Å². The molecule has 4 nitrogen and oxygen atoms in total. The van der Waals surface area contributed by atoms with Gasteiger partial charge in [0, 0.05) is 6.16 Å². The molecule has 0 amide bonds. The Hall–Kier alpha value is -0.470. The predicted octanol–water partition coefficient (Wildman–Crippen LogP) is 1.58. The highest BCUT2D eigenvalue weighted by atomic mass is 31.2. The summed E-state index contributed by atoms with van der Waals surface area (Å²) in [5, 5.41) is 0. The van der Waals surface area contributed by atoms with Crippen LogP contribution in [-0.2, 0) is 14.2 Å². The number of rotatable bonds is 2. The number of hydrogen-bond donors (Lipinski definition) is 0. The molecule has 0 spiro atoms. The van der Waals surface area contributed by atoms with E-state index in [1.54, 1.807) is 0 Å². The van der Waals surface area contributed by atoms with Gasteiger partial charge in [0.25, 0.3) is 0 Å². The summed E-state index contributed by atoms with van der Waals surface area (Å²) in [4.78, 5) is 18.4. The first kappa shape index (κ1) is 17.9. The summed E-state index contributed by atoms with van der Waals surface area (Å²) in [6.07, 6.45) is 3.44. The quantitative estimate of drug-likeness (QED) is 0.697. The number of hydrogen-bond acceptors (Lipinski definition) is 4. The molecule has 0 bridgehead atoms. The van der Waals surface area contributed by atoms with Gasteiger partial charge in [0.1, 0.15) is 13.6 Å². The smallest absolute Gasteiger partial charge is 0.106 e. The van der Waals surface area contributed by atoms with Crippen molar-refractivity contribution >= 4 is 20.7 Å². The van der Waals surface area contributed by atoms with E-state index in [9.17, 15) is 4.57 Å². The summed E-state index contributed by atoms with van der Waals surface area (Å²) in [6, 6.07) is 0. The van der Waals surface area contributed by atoms with E-state index < -0.39 is 7.14 Å². The lowest BCUT2D eigenvalue weighted by Crippen LogP contribution is -2.31. The van der Waals surface area contributed by atoms with Crippen molar-refractivity contribution in [1.29, 1.82) is 0 Å². The molecule has 0 aromatic heterocycles. The molecule has 0 unspecified atom stereocenters. The zero-order valence-electron chi connectivity index (χ0n) is 10.6. The molecule has 1 aliphatic rings. The number of carbonyl (C=O) groups is 2. The molecule has 1 rings (SSSR count). The van der Waals surface area contributed by atoms with Gasteiger partial charge in [-0.2, -0.15) is 0 Å². The maximum atomic E-state index is 11.6. The van der Waals surface area contributed by atoms with E-state index >= 15 is 0 Å². The molecule has 0 aliphatic carbocycles. The van der Waals surface area contributed by atoms with Gasteiger partial charge >= 0.3 is 0 Å². The Morgan fingerprint density at radius 3 is 1.81 bits per heavy atom. The third kappa shape index (κ3) is 10.1. The van der Waals surface area contributed by atoms with Crippen LogP contribution in [-0.4, -0.2) is 58.1 Å². The summed E-state index contributed by atoms with van der Waals surface area (Å²) >= 11 is 0. The molecule has 0 aromatic carbocycles. The van der Waals surface area contributed by atoms with Crippen LogP contribution in [0.2, 0.25) is 0 Å². The van der Waals surface area contributed by atoms with E-state index in [4.69, 9.17) is 9.59 Å². The summed E-state index contributed by atoms with van der Waals surface area (Å²) in [6.45, 7) is 10.2. The van der Waals surface area contributed by atoms with Crippen molar-refractivity contribution < 1.29 is 14.2 Å².